The summed E-state index contributed by atoms with van der Waals surface area (Å²) < 4.78 is 2.32. The number of imidazole rings is 1. The Bertz CT molecular complexity index is 665. The van der Waals surface area contributed by atoms with Gasteiger partial charge in [-0.15, -0.1) is 24.8 Å². The van der Waals surface area contributed by atoms with Crippen LogP contribution in [0.25, 0.3) is 0 Å². The van der Waals surface area contributed by atoms with Crippen molar-refractivity contribution < 1.29 is 0 Å². The summed E-state index contributed by atoms with van der Waals surface area (Å²) in [5.41, 5.74) is 2.01. The quantitative estimate of drug-likeness (QED) is 0.751. The number of halogens is 2. The van der Waals surface area contributed by atoms with Crippen LogP contribution >= 0.6 is 36.2 Å². The van der Waals surface area contributed by atoms with Crippen LogP contribution in [0.2, 0.25) is 0 Å². The van der Waals surface area contributed by atoms with Gasteiger partial charge in [-0.25, -0.2) is 4.98 Å². The van der Waals surface area contributed by atoms with Gasteiger partial charge in [0.05, 0.1) is 6.54 Å². The van der Waals surface area contributed by atoms with Gasteiger partial charge in [-0.2, -0.15) is 11.3 Å². The third-order valence-electron chi connectivity index (χ3n) is 5.80. The fraction of sp³-hybridized carbons (Fsp3) is 0.632. The molecule has 1 N–H and O–H groups in total. The molecule has 2 aliphatic rings. The third kappa shape index (κ3) is 4.45. The highest BCUT2D eigenvalue weighted by atomic mass is 35.5. The molecule has 4 rings (SSSR count). The van der Waals surface area contributed by atoms with Crippen molar-refractivity contribution in [3.63, 3.8) is 0 Å². The second-order valence-electron chi connectivity index (χ2n) is 7.71. The van der Waals surface area contributed by atoms with Crippen molar-refractivity contribution in [3.05, 3.63) is 40.6 Å². The SMILES string of the molecule is CC(C)n1ccnc1CN(Cc1ccsc1)C1CC12CCNCC2.Cl.Cl. The highest BCUT2D eigenvalue weighted by molar-refractivity contribution is 7.07. The molecule has 2 fully saturated rings. The Morgan fingerprint density at radius 3 is 2.73 bits per heavy atom. The maximum Gasteiger partial charge on any atom is 0.123 e. The van der Waals surface area contributed by atoms with Crippen LogP contribution in [0.15, 0.2) is 29.2 Å². The molecule has 1 spiro atoms. The summed E-state index contributed by atoms with van der Waals surface area (Å²) >= 11 is 1.80. The van der Waals surface area contributed by atoms with Gasteiger partial charge in [0.15, 0.2) is 0 Å². The van der Waals surface area contributed by atoms with Gasteiger partial charge < -0.3 is 9.88 Å². The van der Waals surface area contributed by atoms with E-state index in [-0.39, 0.29) is 24.8 Å². The van der Waals surface area contributed by atoms with Crippen molar-refractivity contribution >= 4 is 36.2 Å². The van der Waals surface area contributed by atoms with Crippen LogP contribution in [0.5, 0.6) is 0 Å². The van der Waals surface area contributed by atoms with Gasteiger partial charge in [0.25, 0.3) is 0 Å². The Kier molecular flexibility index (Phi) is 7.57. The number of hydrogen-bond donors (Lipinski definition) is 1. The van der Waals surface area contributed by atoms with Gasteiger partial charge >= 0.3 is 0 Å². The first-order valence-electron chi connectivity index (χ1n) is 9.15. The number of hydrogen-bond acceptors (Lipinski definition) is 4. The van der Waals surface area contributed by atoms with Crippen LogP contribution in [0.3, 0.4) is 0 Å². The van der Waals surface area contributed by atoms with E-state index in [0.29, 0.717) is 11.5 Å². The van der Waals surface area contributed by atoms with E-state index in [2.05, 4.69) is 56.6 Å². The fourth-order valence-electron chi connectivity index (χ4n) is 4.32. The number of piperidine rings is 1. The first kappa shape index (κ1) is 21.7. The molecule has 1 aliphatic carbocycles. The average Bonchev–Trinajstić information content (AvgIpc) is 2.99. The summed E-state index contributed by atoms with van der Waals surface area (Å²) in [6.45, 7) is 8.85. The maximum atomic E-state index is 4.66. The van der Waals surface area contributed by atoms with E-state index in [1.807, 2.05) is 6.20 Å². The minimum atomic E-state index is 0. The lowest BCUT2D eigenvalue weighted by Gasteiger charge is -2.29. The van der Waals surface area contributed by atoms with Crippen LogP contribution in [0, 0.1) is 5.41 Å². The standard InChI is InChI=1S/C19H28N4S.2ClH/c1-15(2)23-9-8-21-18(23)13-22(12-16-3-10-24-14-16)17-11-19(17)4-6-20-7-5-19;;/h3,8-10,14-15,17,20H,4-7,11-13H2,1-2H3;2*1H. The normalized spacial score (nSPS) is 20.8. The molecule has 146 valence electrons. The Balaban J connectivity index is 0.00000121. The smallest absolute Gasteiger partial charge is 0.123 e. The van der Waals surface area contributed by atoms with Crippen molar-refractivity contribution in [2.45, 2.75) is 58.3 Å². The second-order valence-corrected chi connectivity index (χ2v) is 8.49. The van der Waals surface area contributed by atoms with E-state index < -0.39 is 0 Å². The molecule has 0 bridgehead atoms. The van der Waals surface area contributed by atoms with Crippen LogP contribution in [0.4, 0.5) is 0 Å². The number of nitrogens with zero attached hydrogens (tertiary/aromatic N) is 3. The zero-order chi connectivity index (χ0) is 16.6. The lowest BCUT2D eigenvalue weighted by Crippen LogP contribution is -2.36. The van der Waals surface area contributed by atoms with Crippen LogP contribution in [0.1, 0.15) is 50.5 Å². The molecule has 3 heterocycles. The van der Waals surface area contributed by atoms with E-state index >= 15 is 0 Å². The van der Waals surface area contributed by atoms with Gasteiger partial charge in [-0.05, 0) is 74.0 Å². The molecular weight excluding hydrogens is 387 g/mol. The molecule has 0 aromatic carbocycles. The average molecular weight is 417 g/mol. The minimum Gasteiger partial charge on any atom is -0.331 e. The lowest BCUT2D eigenvalue weighted by molar-refractivity contribution is 0.181. The molecule has 1 saturated heterocycles. The molecule has 1 atom stereocenters. The van der Waals surface area contributed by atoms with Crippen molar-refractivity contribution in [3.8, 4) is 0 Å². The summed E-state index contributed by atoms with van der Waals surface area (Å²) in [6, 6.07) is 3.46. The summed E-state index contributed by atoms with van der Waals surface area (Å²) in [4.78, 5) is 7.35. The summed E-state index contributed by atoms with van der Waals surface area (Å²) in [6.07, 6.45) is 8.09. The molecule has 0 radical (unpaired) electrons. The predicted octanol–water partition coefficient (Wildman–Crippen LogP) is 4.51. The maximum absolute atomic E-state index is 4.66. The lowest BCUT2D eigenvalue weighted by atomic mass is 9.93. The van der Waals surface area contributed by atoms with Crippen molar-refractivity contribution in [2.75, 3.05) is 13.1 Å². The molecule has 2 aromatic rings. The fourth-order valence-corrected chi connectivity index (χ4v) is 4.98. The Morgan fingerprint density at radius 1 is 1.31 bits per heavy atom. The van der Waals surface area contributed by atoms with Crippen LogP contribution < -0.4 is 5.32 Å². The van der Waals surface area contributed by atoms with E-state index in [1.54, 1.807) is 11.3 Å². The largest absolute Gasteiger partial charge is 0.331 e. The van der Waals surface area contributed by atoms with Crippen molar-refractivity contribution in [2.24, 2.45) is 5.41 Å². The van der Waals surface area contributed by atoms with E-state index in [1.165, 1.54) is 43.7 Å². The van der Waals surface area contributed by atoms with Gasteiger partial charge in [-0.1, -0.05) is 0 Å². The highest BCUT2D eigenvalue weighted by Crippen LogP contribution is 2.56. The first-order valence-corrected chi connectivity index (χ1v) is 10.1. The van der Waals surface area contributed by atoms with Crippen LogP contribution in [-0.4, -0.2) is 33.6 Å². The summed E-state index contributed by atoms with van der Waals surface area (Å²) in [5, 5.41) is 8.00. The molecule has 7 heteroatoms. The van der Waals surface area contributed by atoms with Gasteiger partial charge in [-0.3, -0.25) is 4.90 Å². The first-order chi connectivity index (χ1) is 11.7. The molecule has 1 aliphatic heterocycles. The minimum absolute atomic E-state index is 0. The summed E-state index contributed by atoms with van der Waals surface area (Å²) in [5.74, 6) is 1.20. The zero-order valence-electron chi connectivity index (χ0n) is 15.6. The molecule has 4 nitrogen and oxygen atoms in total. The number of rotatable bonds is 6. The highest BCUT2D eigenvalue weighted by Gasteiger charge is 2.56. The van der Waals surface area contributed by atoms with Gasteiger partial charge in [0.2, 0.25) is 0 Å². The molecule has 2 aromatic heterocycles. The predicted molar refractivity (Wildman–Crippen MR) is 114 cm³/mol. The van der Waals surface area contributed by atoms with E-state index in [4.69, 9.17) is 0 Å². The Morgan fingerprint density at radius 2 is 2.08 bits per heavy atom. The van der Waals surface area contributed by atoms with Crippen molar-refractivity contribution in [1.82, 2.24) is 19.8 Å². The monoisotopic (exact) mass is 416 g/mol. The molecule has 1 saturated carbocycles. The third-order valence-corrected chi connectivity index (χ3v) is 6.53. The Labute approximate surface area is 173 Å². The molecular formula is C19H30Cl2N4S. The van der Waals surface area contributed by atoms with Crippen molar-refractivity contribution in [1.29, 1.82) is 0 Å². The van der Waals surface area contributed by atoms with E-state index in [9.17, 15) is 0 Å². The molecule has 0 amide bonds. The number of nitrogens with one attached hydrogen (secondary N) is 1. The number of aromatic nitrogens is 2. The van der Waals surface area contributed by atoms with Crippen LogP contribution in [-0.2, 0) is 13.1 Å². The molecule has 1 unspecified atom stereocenters. The Hall–Kier alpha value is -0.590. The van der Waals surface area contributed by atoms with Gasteiger partial charge in [0.1, 0.15) is 5.82 Å². The molecule has 26 heavy (non-hydrogen) atoms. The second kappa shape index (κ2) is 9.07. The number of thiophene rings is 1. The topological polar surface area (TPSA) is 33.1 Å². The zero-order valence-corrected chi connectivity index (χ0v) is 18.0. The van der Waals surface area contributed by atoms with E-state index in [0.717, 1.165) is 19.1 Å². The van der Waals surface area contributed by atoms with Gasteiger partial charge in [0, 0.05) is 31.0 Å². The summed E-state index contributed by atoms with van der Waals surface area (Å²) in [7, 11) is 0.